The zero-order valence-corrected chi connectivity index (χ0v) is 13.3. The van der Waals surface area contributed by atoms with E-state index in [0.29, 0.717) is 11.3 Å². The van der Waals surface area contributed by atoms with Gasteiger partial charge in [0.25, 0.3) is 5.91 Å². The van der Waals surface area contributed by atoms with Crippen molar-refractivity contribution in [1.29, 1.82) is 0 Å². The summed E-state index contributed by atoms with van der Waals surface area (Å²) in [4.78, 5) is 12.5. The first-order valence-corrected chi connectivity index (χ1v) is 7.71. The second-order valence-corrected chi connectivity index (χ2v) is 5.85. The Morgan fingerprint density at radius 1 is 1.04 bits per heavy atom. The highest BCUT2D eigenvalue weighted by Gasteiger charge is 2.15. The fourth-order valence-electron chi connectivity index (χ4n) is 2.85. The molecule has 3 aromatic carbocycles. The third-order valence-corrected chi connectivity index (χ3v) is 4.09. The van der Waals surface area contributed by atoms with E-state index in [2.05, 4.69) is 23.5 Å². The average Bonchev–Trinajstić information content (AvgIpc) is 2.56. The molecule has 3 aromatic rings. The molecule has 0 fully saturated rings. The molecule has 23 heavy (non-hydrogen) atoms. The Balaban J connectivity index is 1.90. The number of nitrogens with two attached hydrogens (primary N) is 1. The molecule has 0 spiro atoms. The minimum absolute atomic E-state index is 0.103. The Morgan fingerprint density at radius 3 is 2.61 bits per heavy atom. The van der Waals surface area contributed by atoms with Gasteiger partial charge in [0.05, 0.1) is 11.6 Å². The molecule has 3 nitrogen and oxygen atoms in total. The van der Waals surface area contributed by atoms with Crippen molar-refractivity contribution in [2.24, 2.45) is 0 Å². The van der Waals surface area contributed by atoms with Crippen molar-refractivity contribution in [2.75, 3.05) is 5.73 Å². The Bertz CT molecular complexity index is 865. The normalized spacial score (nSPS) is 12.1. The number of amides is 1. The van der Waals surface area contributed by atoms with Crippen LogP contribution in [0.15, 0.2) is 60.7 Å². The first kappa shape index (κ1) is 15.1. The highest BCUT2D eigenvalue weighted by molar-refractivity contribution is 5.99. The van der Waals surface area contributed by atoms with Crippen LogP contribution >= 0.6 is 0 Å². The Morgan fingerprint density at radius 2 is 1.78 bits per heavy atom. The van der Waals surface area contributed by atoms with Gasteiger partial charge in [-0.25, -0.2) is 0 Å². The predicted octanol–water partition coefficient (Wildman–Crippen LogP) is 4.22. The van der Waals surface area contributed by atoms with Crippen LogP contribution in [0, 0.1) is 6.92 Å². The number of anilines is 1. The molecule has 0 aromatic heterocycles. The summed E-state index contributed by atoms with van der Waals surface area (Å²) < 4.78 is 0. The molecule has 0 aliphatic heterocycles. The van der Waals surface area contributed by atoms with Gasteiger partial charge in [0.2, 0.25) is 0 Å². The van der Waals surface area contributed by atoms with Crippen LogP contribution in [0.1, 0.15) is 34.5 Å². The number of hydrogen-bond donors (Lipinski definition) is 2. The van der Waals surface area contributed by atoms with E-state index in [0.717, 1.165) is 16.5 Å². The van der Waals surface area contributed by atoms with Crippen molar-refractivity contribution >= 4 is 22.4 Å². The molecule has 0 saturated carbocycles. The van der Waals surface area contributed by atoms with Crippen LogP contribution in [-0.4, -0.2) is 5.91 Å². The number of fused-ring (bicyclic) bond motifs is 1. The largest absolute Gasteiger partial charge is 0.398 e. The summed E-state index contributed by atoms with van der Waals surface area (Å²) in [5.41, 5.74) is 9.07. The fraction of sp³-hybridized carbons (Fsp3) is 0.150. The lowest BCUT2D eigenvalue weighted by molar-refractivity contribution is 0.0941. The molecule has 3 N–H and O–H groups in total. The molecule has 0 aliphatic rings. The van der Waals surface area contributed by atoms with E-state index >= 15 is 0 Å². The Kier molecular flexibility index (Phi) is 4.02. The lowest BCUT2D eigenvalue weighted by Crippen LogP contribution is -2.27. The summed E-state index contributed by atoms with van der Waals surface area (Å²) in [6.07, 6.45) is 0. The van der Waals surface area contributed by atoms with Crippen LogP contribution in [0.4, 0.5) is 5.69 Å². The number of aryl methyl sites for hydroxylation is 1. The van der Waals surface area contributed by atoms with E-state index < -0.39 is 0 Å². The maximum atomic E-state index is 12.5. The molecular weight excluding hydrogens is 284 g/mol. The number of nitrogens with one attached hydrogen (secondary N) is 1. The Hall–Kier alpha value is -2.81. The monoisotopic (exact) mass is 304 g/mol. The average molecular weight is 304 g/mol. The molecule has 1 atom stereocenters. The third kappa shape index (κ3) is 3.04. The van der Waals surface area contributed by atoms with Crippen LogP contribution in [0.3, 0.4) is 0 Å². The molecule has 3 heteroatoms. The first-order valence-electron chi connectivity index (χ1n) is 7.71. The molecule has 1 amide bonds. The summed E-state index contributed by atoms with van der Waals surface area (Å²) in [6.45, 7) is 3.94. The lowest BCUT2D eigenvalue weighted by Gasteiger charge is -2.17. The van der Waals surface area contributed by atoms with Gasteiger partial charge in [-0.1, -0.05) is 54.1 Å². The zero-order valence-electron chi connectivity index (χ0n) is 13.3. The smallest absolute Gasteiger partial charge is 0.253 e. The van der Waals surface area contributed by atoms with E-state index in [1.807, 2.05) is 50.2 Å². The second kappa shape index (κ2) is 6.13. The number of hydrogen-bond acceptors (Lipinski definition) is 2. The number of carbonyl (C=O) groups excluding carboxylic acids is 1. The van der Waals surface area contributed by atoms with Crippen molar-refractivity contribution in [3.63, 3.8) is 0 Å². The Labute approximate surface area is 136 Å². The summed E-state index contributed by atoms with van der Waals surface area (Å²) >= 11 is 0. The standard InChI is InChI=1S/C20H20N2O/c1-13-10-11-19(21)18(12-13)20(23)22-14(2)16-9-5-7-15-6-3-4-8-17(15)16/h3-12,14H,21H2,1-2H3,(H,22,23)/t14-/m1/s1. The van der Waals surface area contributed by atoms with E-state index in [1.54, 1.807) is 6.07 Å². The molecule has 3 rings (SSSR count). The van der Waals surface area contributed by atoms with E-state index in [-0.39, 0.29) is 11.9 Å². The third-order valence-electron chi connectivity index (χ3n) is 4.09. The van der Waals surface area contributed by atoms with Gasteiger partial charge in [0.15, 0.2) is 0 Å². The summed E-state index contributed by atoms with van der Waals surface area (Å²) in [7, 11) is 0. The van der Waals surface area contributed by atoms with Crippen LogP contribution in [0.2, 0.25) is 0 Å². The highest BCUT2D eigenvalue weighted by atomic mass is 16.1. The van der Waals surface area contributed by atoms with Crippen molar-refractivity contribution in [1.82, 2.24) is 5.32 Å². The molecular formula is C20H20N2O. The lowest BCUT2D eigenvalue weighted by atomic mass is 9.99. The van der Waals surface area contributed by atoms with E-state index in [9.17, 15) is 4.79 Å². The zero-order chi connectivity index (χ0) is 16.4. The predicted molar refractivity (Wildman–Crippen MR) is 95.4 cm³/mol. The minimum atomic E-state index is -0.147. The number of benzene rings is 3. The SMILES string of the molecule is Cc1ccc(N)c(C(=O)N[C@H](C)c2cccc3ccccc23)c1. The van der Waals surface area contributed by atoms with Crippen molar-refractivity contribution in [3.8, 4) is 0 Å². The molecule has 0 saturated heterocycles. The molecule has 116 valence electrons. The maximum Gasteiger partial charge on any atom is 0.253 e. The number of carbonyl (C=O) groups is 1. The van der Waals surface area contributed by atoms with E-state index in [1.165, 1.54) is 5.39 Å². The van der Waals surface area contributed by atoms with Crippen LogP contribution in [0.25, 0.3) is 10.8 Å². The van der Waals surface area contributed by atoms with Gasteiger partial charge < -0.3 is 11.1 Å². The van der Waals surface area contributed by atoms with Crippen molar-refractivity contribution in [2.45, 2.75) is 19.9 Å². The van der Waals surface area contributed by atoms with Crippen LogP contribution in [0.5, 0.6) is 0 Å². The van der Waals surface area contributed by atoms with E-state index in [4.69, 9.17) is 5.73 Å². The molecule has 0 heterocycles. The molecule has 0 radical (unpaired) electrons. The van der Waals surface area contributed by atoms with Gasteiger partial charge in [-0.15, -0.1) is 0 Å². The van der Waals surface area contributed by atoms with Gasteiger partial charge in [0, 0.05) is 5.69 Å². The summed E-state index contributed by atoms with van der Waals surface area (Å²) in [5, 5.41) is 5.37. The first-order chi connectivity index (χ1) is 11.1. The quantitative estimate of drug-likeness (QED) is 0.712. The minimum Gasteiger partial charge on any atom is -0.398 e. The van der Waals surface area contributed by atoms with Crippen LogP contribution < -0.4 is 11.1 Å². The number of nitrogen functional groups attached to an aromatic ring is 1. The van der Waals surface area contributed by atoms with Gasteiger partial charge in [-0.05, 0) is 42.3 Å². The molecule has 0 aliphatic carbocycles. The molecule has 0 unspecified atom stereocenters. The highest BCUT2D eigenvalue weighted by Crippen LogP contribution is 2.24. The van der Waals surface area contributed by atoms with Gasteiger partial charge in [-0.3, -0.25) is 4.79 Å². The molecule has 0 bridgehead atoms. The van der Waals surface area contributed by atoms with Gasteiger partial charge >= 0.3 is 0 Å². The summed E-state index contributed by atoms with van der Waals surface area (Å²) in [5.74, 6) is -0.147. The number of rotatable bonds is 3. The van der Waals surface area contributed by atoms with Crippen molar-refractivity contribution < 1.29 is 4.79 Å². The summed E-state index contributed by atoms with van der Waals surface area (Å²) in [6, 6.07) is 19.7. The maximum absolute atomic E-state index is 12.5. The fourth-order valence-corrected chi connectivity index (χ4v) is 2.85. The second-order valence-electron chi connectivity index (χ2n) is 5.85. The van der Waals surface area contributed by atoms with Crippen molar-refractivity contribution in [3.05, 3.63) is 77.4 Å². The van der Waals surface area contributed by atoms with Gasteiger partial charge in [0.1, 0.15) is 0 Å². The topological polar surface area (TPSA) is 55.1 Å². The van der Waals surface area contributed by atoms with Gasteiger partial charge in [-0.2, -0.15) is 0 Å². The van der Waals surface area contributed by atoms with Crippen LogP contribution in [-0.2, 0) is 0 Å².